The minimum atomic E-state index is -4.58. The molecule has 3 rings (SSSR count). The summed E-state index contributed by atoms with van der Waals surface area (Å²) in [6, 6.07) is 8.18. The molecule has 5 nitrogen and oxygen atoms in total. The van der Waals surface area contributed by atoms with Crippen molar-refractivity contribution in [2.45, 2.75) is 6.18 Å². The van der Waals surface area contributed by atoms with Crippen LogP contribution in [-0.2, 0) is 4.79 Å². The Morgan fingerprint density at radius 2 is 1.96 bits per heavy atom. The maximum Gasteiger partial charge on any atom is 0.394 e. The van der Waals surface area contributed by atoms with E-state index in [0.29, 0.717) is 10.9 Å². The third kappa shape index (κ3) is 2.91. The molecule has 2 heterocycles. The number of rotatable bonds is 2. The molecule has 0 unspecified atom stereocenters. The number of carbonyl (C=O) groups excluding carboxylic acids is 2. The van der Waals surface area contributed by atoms with Crippen LogP contribution in [0.5, 0.6) is 0 Å². The summed E-state index contributed by atoms with van der Waals surface area (Å²) in [6.07, 6.45) is -2.97. The second-order valence-electron chi connectivity index (χ2n) is 5.78. The molecule has 0 aliphatic carbocycles. The monoisotopic (exact) mass is 337 g/mol. The maximum atomic E-state index is 13.1. The predicted octanol–water partition coefficient (Wildman–Crippen LogP) is 1.97. The van der Waals surface area contributed by atoms with E-state index in [4.69, 9.17) is 5.73 Å². The normalized spacial score (nSPS) is 21.2. The molecule has 0 spiro atoms. The molecule has 1 aromatic heterocycles. The molecule has 2 atom stereocenters. The lowest BCUT2D eigenvalue weighted by atomic mass is 9.95. The lowest BCUT2D eigenvalue weighted by molar-refractivity contribution is -0.182. The number of primary amides is 1. The lowest BCUT2D eigenvalue weighted by Gasteiger charge is -2.18. The van der Waals surface area contributed by atoms with Crippen LogP contribution in [0.15, 0.2) is 36.5 Å². The van der Waals surface area contributed by atoms with Gasteiger partial charge in [0, 0.05) is 30.2 Å². The summed E-state index contributed by atoms with van der Waals surface area (Å²) in [5.41, 5.74) is 6.01. The highest BCUT2D eigenvalue weighted by Gasteiger charge is 2.52. The Hall–Kier alpha value is -2.64. The summed E-state index contributed by atoms with van der Waals surface area (Å²) in [6.45, 7) is -0.898. The van der Waals surface area contributed by atoms with Gasteiger partial charge in [-0.15, -0.1) is 0 Å². The number of carbonyl (C=O) groups is 2. The number of halogens is 3. The number of alkyl halides is 3. The summed E-state index contributed by atoms with van der Waals surface area (Å²) < 4.78 is 39.2. The predicted molar refractivity (Wildman–Crippen MR) is 79.9 cm³/mol. The molecule has 2 amide bonds. The standard InChI is InChI=1S/C16H14F3N3O2/c17-16(18,19)12-8-22(7-11(12)14(20)23)15(24)10-3-4-13-9(6-10)2-1-5-21-13/h1-6,11-12H,7-8H2,(H2,20,23)/t11-,12-/m1/s1. The molecule has 0 bridgehead atoms. The summed E-state index contributed by atoms with van der Waals surface area (Å²) in [5, 5.41) is 0.710. The van der Waals surface area contributed by atoms with E-state index in [0.717, 1.165) is 4.90 Å². The van der Waals surface area contributed by atoms with Crippen LogP contribution in [0.3, 0.4) is 0 Å². The van der Waals surface area contributed by atoms with Crippen molar-refractivity contribution in [3.63, 3.8) is 0 Å². The first-order chi connectivity index (χ1) is 11.3. The molecule has 0 radical (unpaired) electrons. The average Bonchev–Trinajstić information content (AvgIpc) is 2.99. The second-order valence-corrected chi connectivity index (χ2v) is 5.78. The fraction of sp³-hybridized carbons (Fsp3) is 0.312. The summed E-state index contributed by atoms with van der Waals surface area (Å²) in [4.78, 5) is 29.0. The Balaban J connectivity index is 1.88. The highest BCUT2D eigenvalue weighted by molar-refractivity contribution is 5.98. The highest BCUT2D eigenvalue weighted by atomic mass is 19.4. The Kier molecular flexibility index (Phi) is 3.90. The zero-order valence-electron chi connectivity index (χ0n) is 12.5. The van der Waals surface area contributed by atoms with Gasteiger partial charge in [0.25, 0.3) is 5.91 Å². The van der Waals surface area contributed by atoms with E-state index in [-0.39, 0.29) is 12.1 Å². The Morgan fingerprint density at radius 1 is 1.21 bits per heavy atom. The van der Waals surface area contributed by atoms with Gasteiger partial charge in [0.2, 0.25) is 5.91 Å². The molecule has 0 saturated carbocycles. The number of nitrogens with zero attached hydrogens (tertiary/aromatic N) is 2. The number of amides is 2. The lowest BCUT2D eigenvalue weighted by Crippen LogP contribution is -2.37. The van der Waals surface area contributed by atoms with Gasteiger partial charge in [0.1, 0.15) is 0 Å². The molecule has 1 aliphatic heterocycles. The molecule has 1 saturated heterocycles. The summed E-state index contributed by atoms with van der Waals surface area (Å²) in [5.74, 6) is -4.95. The van der Waals surface area contributed by atoms with Crippen LogP contribution in [0.1, 0.15) is 10.4 Å². The van der Waals surface area contributed by atoms with Gasteiger partial charge in [-0.05, 0) is 24.3 Å². The van der Waals surface area contributed by atoms with Crippen LogP contribution in [-0.4, -0.2) is 41.0 Å². The van der Waals surface area contributed by atoms with E-state index in [9.17, 15) is 22.8 Å². The SMILES string of the molecule is NC(=O)[C@@H]1CN(C(=O)c2ccc3ncccc3c2)C[C@H]1C(F)(F)F. The van der Waals surface area contributed by atoms with Crippen LogP contribution in [0.2, 0.25) is 0 Å². The number of hydrogen-bond acceptors (Lipinski definition) is 3. The van der Waals surface area contributed by atoms with Gasteiger partial charge in [0.15, 0.2) is 0 Å². The van der Waals surface area contributed by atoms with Crippen LogP contribution >= 0.6 is 0 Å². The van der Waals surface area contributed by atoms with Gasteiger partial charge in [-0.2, -0.15) is 13.2 Å². The van der Waals surface area contributed by atoms with Crippen molar-refractivity contribution < 1.29 is 22.8 Å². The van der Waals surface area contributed by atoms with Gasteiger partial charge < -0.3 is 10.6 Å². The smallest absolute Gasteiger partial charge is 0.369 e. The van der Waals surface area contributed by atoms with Crippen LogP contribution in [0, 0.1) is 11.8 Å². The summed E-state index contributed by atoms with van der Waals surface area (Å²) >= 11 is 0. The number of nitrogens with two attached hydrogens (primary N) is 1. The number of pyridine rings is 1. The van der Waals surface area contributed by atoms with Crippen molar-refractivity contribution in [3.8, 4) is 0 Å². The van der Waals surface area contributed by atoms with Gasteiger partial charge >= 0.3 is 6.18 Å². The third-order valence-electron chi connectivity index (χ3n) is 4.24. The number of fused-ring (bicyclic) bond motifs is 1. The van der Waals surface area contributed by atoms with Crippen molar-refractivity contribution >= 4 is 22.7 Å². The van der Waals surface area contributed by atoms with E-state index in [1.165, 1.54) is 6.07 Å². The van der Waals surface area contributed by atoms with Crippen LogP contribution < -0.4 is 5.73 Å². The minimum Gasteiger partial charge on any atom is -0.369 e. The Labute approximate surface area is 135 Å². The van der Waals surface area contributed by atoms with Crippen molar-refractivity contribution in [1.29, 1.82) is 0 Å². The van der Waals surface area contributed by atoms with Crippen molar-refractivity contribution in [2.24, 2.45) is 17.6 Å². The zero-order chi connectivity index (χ0) is 17.5. The van der Waals surface area contributed by atoms with Crippen LogP contribution in [0.4, 0.5) is 13.2 Å². The van der Waals surface area contributed by atoms with E-state index in [2.05, 4.69) is 4.98 Å². The molecule has 2 aromatic rings. The van der Waals surface area contributed by atoms with E-state index >= 15 is 0 Å². The minimum absolute atomic E-state index is 0.251. The number of likely N-dealkylation sites (tertiary alicyclic amines) is 1. The van der Waals surface area contributed by atoms with E-state index < -0.39 is 36.4 Å². The quantitative estimate of drug-likeness (QED) is 0.910. The molecule has 126 valence electrons. The Morgan fingerprint density at radius 3 is 2.58 bits per heavy atom. The average molecular weight is 337 g/mol. The molecule has 2 N–H and O–H groups in total. The molecular weight excluding hydrogens is 323 g/mol. The summed E-state index contributed by atoms with van der Waals surface area (Å²) in [7, 11) is 0. The first kappa shape index (κ1) is 16.2. The van der Waals surface area contributed by atoms with Gasteiger partial charge in [-0.1, -0.05) is 6.07 Å². The van der Waals surface area contributed by atoms with Crippen molar-refractivity contribution in [1.82, 2.24) is 9.88 Å². The molecular formula is C16H14F3N3O2. The second kappa shape index (κ2) is 5.77. The van der Waals surface area contributed by atoms with E-state index in [1.54, 1.807) is 30.5 Å². The fourth-order valence-electron chi connectivity index (χ4n) is 2.98. The molecule has 1 fully saturated rings. The highest BCUT2D eigenvalue weighted by Crippen LogP contribution is 2.38. The first-order valence-electron chi connectivity index (χ1n) is 7.27. The topological polar surface area (TPSA) is 76.3 Å². The molecule has 1 aliphatic rings. The van der Waals surface area contributed by atoms with Gasteiger partial charge in [-0.3, -0.25) is 14.6 Å². The number of hydrogen-bond donors (Lipinski definition) is 1. The fourth-order valence-corrected chi connectivity index (χ4v) is 2.98. The number of aromatic nitrogens is 1. The Bertz CT molecular complexity index is 806. The zero-order valence-corrected chi connectivity index (χ0v) is 12.5. The van der Waals surface area contributed by atoms with Gasteiger partial charge in [0.05, 0.1) is 17.4 Å². The van der Waals surface area contributed by atoms with Crippen molar-refractivity contribution in [3.05, 3.63) is 42.1 Å². The molecule has 8 heteroatoms. The van der Waals surface area contributed by atoms with Crippen molar-refractivity contribution in [2.75, 3.05) is 13.1 Å². The maximum absolute atomic E-state index is 13.1. The first-order valence-corrected chi connectivity index (χ1v) is 7.27. The largest absolute Gasteiger partial charge is 0.394 e. The van der Waals surface area contributed by atoms with E-state index in [1.807, 2.05) is 0 Å². The van der Waals surface area contributed by atoms with Gasteiger partial charge in [-0.25, -0.2) is 0 Å². The molecule has 1 aromatic carbocycles. The number of benzene rings is 1. The molecule has 24 heavy (non-hydrogen) atoms. The third-order valence-corrected chi connectivity index (χ3v) is 4.24. The van der Waals surface area contributed by atoms with Crippen LogP contribution in [0.25, 0.3) is 10.9 Å².